The Labute approximate surface area is 149 Å². The maximum absolute atomic E-state index is 12.6. The molecule has 0 unspecified atom stereocenters. The van der Waals surface area contributed by atoms with Crippen molar-refractivity contribution in [2.24, 2.45) is 0 Å². The number of anilines is 2. The molecule has 1 fully saturated rings. The number of piperazine rings is 1. The van der Waals surface area contributed by atoms with Gasteiger partial charge in [-0.15, -0.1) is 0 Å². The van der Waals surface area contributed by atoms with Gasteiger partial charge in [-0.3, -0.25) is 14.9 Å². The van der Waals surface area contributed by atoms with Crippen LogP contribution in [0.4, 0.5) is 17.1 Å². The number of hydrogen-bond acceptors (Lipinski definition) is 5. The molecule has 2 aromatic rings. The molecule has 2 aromatic carbocycles. The van der Waals surface area contributed by atoms with E-state index in [2.05, 4.69) is 4.90 Å². The molecular formula is C17H17ClN4O3. The highest BCUT2D eigenvalue weighted by molar-refractivity contribution is 6.33. The van der Waals surface area contributed by atoms with E-state index in [-0.39, 0.29) is 22.8 Å². The van der Waals surface area contributed by atoms with Crippen LogP contribution in [0, 0.1) is 10.1 Å². The molecule has 1 aliphatic rings. The topological polar surface area (TPSA) is 92.7 Å². The molecule has 1 heterocycles. The van der Waals surface area contributed by atoms with Gasteiger partial charge in [0.1, 0.15) is 5.69 Å². The molecule has 0 spiro atoms. The molecule has 0 radical (unpaired) electrons. The van der Waals surface area contributed by atoms with E-state index in [0.717, 1.165) is 5.69 Å². The zero-order chi connectivity index (χ0) is 18.0. The van der Waals surface area contributed by atoms with Crippen LogP contribution >= 0.6 is 11.6 Å². The molecule has 3 rings (SSSR count). The van der Waals surface area contributed by atoms with E-state index >= 15 is 0 Å². The number of benzene rings is 2. The number of nitrogen functional groups attached to an aromatic ring is 1. The highest BCUT2D eigenvalue weighted by Gasteiger charge is 2.25. The molecule has 1 amide bonds. The number of rotatable bonds is 3. The first kappa shape index (κ1) is 17.0. The number of nitro groups is 1. The van der Waals surface area contributed by atoms with Crippen molar-refractivity contribution in [1.29, 1.82) is 0 Å². The Morgan fingerprint density at radius 3 is 2.44 bits per heavy atom. The summed E-state index contributed by atoms with van der Waals surface area (Å²) in [4.78, 5) is 26.8. The van der Waals surface area contributed by atoms with Gasteiger partial charge in [0.2, 0.25) is 0 Å². The summed E-state index contributed by atoms with van der Waals surface area (Å²) in [6, 6.07) is 11.7. The number of nitrogens with zero attached hydrogens (tertiary/aromatic N) is 3. The average Bonchev–Trinajstić information content (AvgIpc) is 2.62. The zero-order valence-electron chi connectivity index (χ0n) is 13.4. The smallest absolute Gasteiger partial charge is 0.292 e. The van der Waals surface area contributed by atoms with Crippen LogP contribution in [-0.2, 0) is 0 Å². The van der Waals surface area contributed by atoms with Crippen molar-refractivity contribution in [3.05, 3.63) is 63.2 Å². The molecule has 7 nitrogen and oxygen atoms in total. The molecule has 0 atom stereocenters. The lowest BCUT2D eigenvalue weighted by molar-refractivity contribution is -0.383. The van der Waals surface area contributed by atoms with Gasteiger partial charge in [0.15, 0.2) is 0 Å². The maximum atomic E-state index is 12.6. The van der Waals surface area contributed by atoms with Gasteiger partial charge >= 0.3 is 0 Å². The normalized spacial score (nSPS) is 14.4. The Morgan fingerprint density at radius 1 is 1.12 bits per heavy atom. The minimum absolute atomic E-state index is 0.0464. The van der Waals surface area contributed by atoms with Crippen molar-refractivity contribution in [3.63, 3.8) is 0 Å². The van der Waals surface area contributed by atoms with Crippen molar-refractivity contribution < 1.29 is 9.72 Å². The van der Waals surface area contributed by atoms with Crippen molar-refractivity contribution in [2.45, 2.75) is 0 Å². The summed E-state index contributed by atoms with van der Waals surface area (Å²) in [6.45, 7) is 2.32. The lowest BCUT2D eigenvalue weighted by Crippen LogP contribution is -2.48. The van der Waals surface area contributed by atoms with E-state index in [1.54, 1.807) is 4.90 Å². The lowest BCUT2D eigenvalue weighted by Gasteiger charge is -2.36. The van der Waals surface area contributed by atoms with Crippen LogP contribution in [0.5, 0.6) is 0 Å². The van der Waals surface area contributed by atoms with Gasteiger partial charge in [-0.2, -0.15) is 0 Å². The second kappa shape index (κ2) is 6.98. The summed E-state index contributed by atoms with van der Waals surface area (Å²) in [5.41, 5.74) is 6.59. The molecule has 0 aromatic heterocycles. The third-order valence-corrected chi connectivity index (χ3v) is 4.55. The maximum Gasteiger partial charge on any atom is 0.292 e. The van der Waals surface area contributed by atoms with Crippen LogP contribution in [0.2, 0.25) is 5.02 Å². The first-order valence-electron chi connectivity index (χ1n) is 7.80. The number of amides is 1. The summed E-state index contributed by atoms with van der Waals surface area (Å²) in [5.74, 6) is -0.234. The van der Waals surface area contributed by atoms with Gasteiger partial charge in [-0.1, -0.05) is 23.7 Å². The standard InChI is InChI=1S/C17H17ClN4O3/c18-13-3-1-2-4-15(13)20-7-9-21(10-8-20)17(23)12-5-6-14(19)16(11-12)22(24)25/h1-6,11H,7-10,19H2. The predicted octanol–water partition coefficient (Wildman–Crippen LogP) is 2.79. The number of nitro benzene ring substituents is 1. The van der Waals surface area contributed by atoms with Crippen molar-refractivity contribution in [2.75, 3.05) is 36.8 Å². The molecule has 0 aliphatic carbocycles. The molecule has 130 valence electrons. The molecule has 0 bridgehead atoms. The minimum atomic E-state index is -0.582. The highest BCUT2D eigenvalue weighted by atomic mass is 35.5. The molecule has 1 aliphatic heterocycles. The van der Waals surface area contributed by atoms with Crippen molar-refractivity contribution in [3.8, 4) is 0 Å². The molecule has 1 saturated heterocycles. The number of hydrogen-bond donors (Lipinski definition) is 1. The van der Waals surface area contributed by atoms with Gasteiger partial charge in [0, 0.05) is 37.8 Å². The van der Waals surface area contributed by atoms with Crippen LogP contribution in [0.1, 0.15) is 10.4 Å². The molecule has 25 heavy (non-hydrogen) atoms. The molecule has 8 heteroatoms. The van der Waals surface area contributed by atoms with Gasteiger partial charge in [0.05, 0.1) is 15.6 Å². The van der Waals surface area contributed by atoms with Crippen LogP contribution in [-0.4, -0.2) is 41.9 Å². The van der Waals surface area contributed by atoms with Gasteiger partial charge in [-0.05, 0) is 24.3 Å². The third-order valence-electron chi connectivity index (χ3n) is 4.23. The summed E-state index contributed by atoms with van der Waals surface area (Å²) >= 11 is 6.22. The Morgan fingerprint density at radius 2 is 1.80 bits per heavy atom. The fourth-order valence-electron chi connectivity index (χ4n) is 2.88. The van der Waals surface area contributed by atoms with E-state index in [1.807, 2.05) is 24.3 Å². The first-order chi connectivity index (χ1) is 12.0. The van der Waals surface area contributed by atoms with E-state index in [1.165, 1.54) is 18.2 Å². The summed E-state index contributed by atoms with van der Waals surface area (Å²) in [7, 11) is 0. The Balaban J connectivity index is 1.71. The molecular weight excluding hydrogens is 344 g/mol. The van der Waals surface area contributed by atoms with E-state index in [0.29, 0.717) is 31.2 Å². The van der Waals surface area contributed by atoms with Crippen molar-refractivity contribution in [1.82, 2.24) is 4.90 Å². The average molecular weight is 361 g/mol. The second-order valence-corrected chi connectivity index (χ2v) is 6.17. The Kier molecular flexibility index (Phi) is 4.76. The fourth-order valence-corrected chi connectivity index (χ4v) is 3.13. The van der Waals surface area contributed by atoms with Crippen LogP contribution in [0.15, 0.2) is 42.5 Å². The van der Waals surface area contributed by atoms with E-state index < -0.39 is 4.92 Å². The predicted molar refractivity (Wildman–Crippen MR) is 97.1 cm³/mol. The van der Waals surface area contributed by atoms with Crippen LogP contribution in [0.25, 0.3) is 0 Å². The number of para-hydroxylation sites is 1. The van der Waals surface area contributed by atoms with Crippen LogP contribution < -0.4 is 10.6 Å². The lowest BCUT2D eigenvalue weighted by atomic mass is 10.1. The quantitative estimate of drug-likeness (QED) is 0.516. The number of halogens is 1. The second-order valence-electron chi connectivity index (χ2n) is 5.76. The monoisotopic (exact) mass is 360 g/mol. The van der Waals surface area contributed by atoms with E-state index in [4.69, 9.17) is 17.3 Å². The SMILES string of the molecule is Nc1ccc(C(=O)N2CCN(c3ccccc3Cl)CC2)cc1[N+](=O)[O-]. The minimum Gasteiger partial charge on any atom is -0.393 e. The number of carbonyl (C=O) groups is 1. The summed E-state index contributed by atoms with van der Waals surface area (Å²) in [5, 5.41) is 11.7. The highest BCUT2D eigenvalue weighted by Crippen LogP contribution is 2.27. The summed E-state index contributed by atoms with van der Waals surface area (Å²) in [6.07, 6.45) is 0. The Bertz CT molecular complexity index is 819. The van der Waals surface area contributed by atoms with Gasteiger partial charge in [-0.25, -0.2) is 0 Å². The number of carbonyl (C=O) groups excluding carboxylic acids is 1. The van der Waals surface area contributed by atoms with Gasteiger partial charge in [0.25, 0.3) is 11.6 Å². The number of nitrogens with two attached hydrogens (primary N) is 1. The summed E-state index contributed by atoms with van der Waals surface area (Å²) < 4.78 is 0. The molecule has 0 saturated carbocycles. The largest absolute Gasteiger partial charge is 0.393 e. The zero-order valence-corrected chi connectivity index (χ0v) is 14.1. The van der Waals surface area contributed by atoms with Crippen molar-refractivity contribution >= 4 is 34.6 Å². The van der Waals surface area contributed by atoms with E-state index in [9.17, 15) is 14.9 Å². The molecule has 2 N–H and O–H groups in total. The Hall–Kier alpha value is -2.80. The van der Waals surface area contributed by atoms with Gasteiger partial charge < -0.3 is 15.5 Å². The third kappa shape index (κ3) is 3.51. The fraction of sp³-hybridized carbons (Fsp3) is 0.235. The van der Waals surface area contributed by atoms with Crippen LogP contribution in [0.3, 0.4) is 0 Å². The first-order valence-corrected chi connectivity index (χ1v) is 8.18.